The standard InChI is InChI=1S/C12H12O3/c1-8-2-3-10-11(6-8)15-5-4-9(7-13)12(10)14/h2-3,6-7,13H,4-5H2,1H3/b9-7-. The van der Waals surface area contributed by atoms with Crippen molar-refractivity contribution in [1.29, 1.82) is 0 Å². The highest BCUT2D eigenvalue weighted by Crippen LogP contribution is 2.27. The predicted molar refractivity (Wildman–Crippen MR) is 56.3 cm³/mol. The molecule has 3 heteroatoms. The van der Waals surface area contributed by atoms with Gasteiger partial charge >= 0.3 is 0 Å². The molecule has 15 heavy (non-hydrogen) atoms. The third-order valence-electron chi connectivity index (χ3n) is 2.46. The molecule has 0 fully saturated rings. The molecule has 0 saturated heterocycles. The van der Waals surface area contributed by atoms with E-state index >= 15 is 0 Å². The molecule has 1 aliphatic heterocycles. The highest BCUT2D eigenvalue weighted by Gasteiger charge is 2.20. The van der Waals surface area contributed by atoms with E-state index in [-0.39, 0.29) is 5.78 Å². The monoisotopic (exact) mass is 204 g/mol. The van der Waals surface area contributed by atoms with Crippen molar-refractivity contribution in [3.8, 4) is 5.75 Å². The van der Waals surface area contributed by atoms with Gasteiger partial charge in [-0.25, -0.2) is 0 Å². The molecular formula is C12H12O3. The van der Waals surface area contributed by atoms with E-state index in [0.29, 0.717) is 29.9 Å². The van der Waals surface area contributed by atoms with Crippen LogP contribution in [0.1, 0.15) is 22.3 Å². The first-order valence-electron chi connectivity index (χ1n) is 4.84. The number of benzene rings is 1. The third-order valence-corrected chi connectivity index (χ3v) is 2.46. The van der Waals surface area contributed by atoms with Gasteiger partial charge in [-0.05, 0) is 24.6 Å². The van der Waals surface area contributed by atoms with E-state index in [1.54, 1.807) is 6.07 Å². The number of ether oxygens (including phenoxy) is 1. The molecule has 1 aliphatic rings. The fourth-order valence-electron chi connectivity index (χ4n) is 1.62. The Balaban J connectivity index is 2.52. The molecule has 0 radical (unpaired) electrons. The van der Waals surface area contributed by atoms with E-state index in [9.17, 15) is 4.79 Å². The number of aliphatic hydroxyl groups is 1. The van der Waals surface area contributed by atoms with Crippen molar-refractivity contribution in [2.24, 2.45) is 0 Å². The van der Waals surface area contributed by atoms with Gasteiger partial charge in [-0.2, -0.15) is 0 Å². The van der Waals surface area contributed by atoms with Gasteiger partial charge in [0.2, 0.25) is 0 Å². The average molecular weight is 204 g/mol. The van der Waals surface area contributed by atoms with Crippen LogP contribution < -0.4 is 4.74 Å². The molecule has 0 spiro atoms. The van der Waals surface area contributed by atoms with Crippen LogP contribution in [0.5, 0.6) is 5.75 Å². The Bertz CT molecular complexity index is 432. The Hall–Kier alpha value is -1.77. The van der Waals surface area contributed by atoms with Crippen LogP contribution in [0.15, 0.2) is 30.0 Å². The molecule has 0 unspecified atom stereocenters. The molecule has 2 rings (SSSR count). The second kappa shape index (κ2) is 3.77. The number of hydrogen-bond donors (Lipinski definition) is 1. The van der Waals surface area contributed by atoms with Crippen LogP contribution in [-0.2, 0) is 0 Å². The molecule has 0 saturated carbocycles. The Morgan fingerprint density at radius 3 is 3.00 bits per heavy atom. The zero-order valence-corrected chi connectivity index (χ0v) is 8.49. The topological polar surface area (TPSA) is 46.5 Å². The molecule has 0 bridgehead atoms. The van der Waals surface area contributed by atoms with Gasteiger partial charge in [0.1, 0.15) is 5.75 Å². The van der Waals surface area contributed by atoms with Crippen molar-refractivity contribution >= 4 is 5.78 Å². The molecule has 78 valence electrons. The molecule has 0 aliphatic carbocycles. The lowest BCUT2D eigenvalue weighted by Crippen LogP contribution is -2.02. The van der Waals surface area contributed by atoms with Crippen LogP contribution in [0.3, 0.4) is 0 Å². The fraction of sp³-hybridized carbons (Fsp3) is 0.250. The summed E-state index contributed by atoms with van der Waals surface area (Å²) in [4.78, 5) is 11.9. The lowest BCUT2D eigenvalue weighted by Gasteiger charge is -2.05. The minimum atomic E-state index is -0.148. The maximum Gasteiger partial charge on any atom is 0.195 e. The van der Waals surface area contributed by atoms with Gasteiger partial charge in [0.25, 0.3) is 0 Å². The number of carbonyl (C=O) groups excluding carboxylic acids is 1. The van der Waals surface area contributed by atoms with Crippen molar-refractivity contribution in [2.45, 2.75) is 13.3 Å². The summed E-state index contributed by atoms with van der Waals surface area (Å²) in [5.41, 5.74) is 1.98. The van der Waals surface area contributed by atoms with Gasteiger partial charge in [0.15, 0.2) is 5.78 Å². The van der Waals surface area contributed by atoms with Crippen molar-refractivity contribution in [3.63, 3.8) is 0 Å². The summed E-state index contributed by atoms with van der Waals surface area (Å²) in [6.45, 7) is 2.37. The number of ketones is 1. The number of aliphatic hydroxyl groups excluding tert-OH is 1. The number of Topliss-reactive ketones (excluding diaryl/α,β-unsaturated/α-hetero) is 1. The maximum atomic E-state index is 11.9. The van der Waals surface area contributed by atoms with Crippen LogP contribution in [0.2, 0.25) is 0 Å². The minimum absolute atomic E-state index is 0.148. The fourth-order valence-corrected chi connectivity index (χ4v) is 1.62. The van der Waals surface area contributed by atoms with E-state index in [1.807, 2.05) is 19.1 Å². The summed E-state index contributed by atoms with van der Waals surface area (Å²) in [5, 5.41) is 8.93. The van der Waals surface area contributed by atoms with Crippen LogP contribution >= 0.6 is 0 Å². The van der Waals surface area contributed by atoms with E-state index in [1.165, 1.54) is 0 Å². The molecule has 3 nitrogen and oxygen atoms in total. The van der Waals surface area contributed by atoms with Crippen molar-refractivity contribution in [3.05, 3.63) is 41.2 Å². The number of carbonyl (C=O) groups is 1. The molecule has 0 atom stereocenters. The summed E-state index contributed by atoms with van der Waals surface area (Å²) in [7, 11) is 0. The number of fused-ring (bicyclic) bond motifs is 1. The Kier molecular flexibility index (Phi) is 2.46. The summed E-state index contributed by atoms with van der Waals surface area (Å²) in [6, 6.07) is 5.44. The predicted octanol–water partition coefficient (Wildman–Crippen LogP) is 2.40. The molecule has 0 amide bonds. The van der Waals surface area contributed by atoms with Gasteiger partial charge < -0.3 is 9.84 Å². The van der Waals surface area contributed by atoms with Crippen molar-refractivity contribution < 1.29 is 14.6 Å². The van der Waals surface area contributed by atoms with E-state index in [0.717, 1.165) is 11.8 Å². The number of hydrogen-bond acceptors (Lipinski definition) is 3. The van der Waals surface area contributed by atoms with Crippen LogP contribution in [0.25, 0.3) is 0 Å². The first-order chi connectivity index (χ1) is 7.22. The molecule has 1 heterocycles. The van der Waals surface area contributed by atoms with Crippen molar-refractivity contribution in [2.75, 3.05) is 6.61 Å². The van der Waals surface area contributed by atoms with Gasteiger partial charge in [-0.1, -0.05) is 6.07 Å². The Morgan fingerprint density at radius 1 is 1.47 bits per heavy atom. The minimum Gasteiger partial charge on any atom is -0.515 e. The van der Waals surface area contributed by atoms with Gasteiger partial charge in [0, 0.05) is 12.0 Å². The smallest absolute Gasteiger partial charge is 0.195 e. The SMILES string of the molecule is Cc1ccc2c(c1)OCC/C(=C/O)C2=O. The number of rotatable bonds is 0. The van der Waals surface area contributed by atoms with Crippen molar-refractivity contribution in [1.82, 2.24) is 0 Å². The zero-order valence-electron chi connectivity index (χ0n) is 8.49. The lowest BCUT2D eigenvalue weighted by molar-refractivity contribution is 0.103. The number of aryl methyl sites for hydroxylation is 1. The van der Waals surface area contributed by atoms with Crippen LogP contribution in [-0.4, -0.2) is 17.5 Å². The maximum absolute atomic E-state index is 11.9. The molecular weight excluding hydrogens is 192 g/mol. The summed E-state index contributed by atoms with van der Waals surface area (Å²) >= 11 is 0. The van der Waals surface area contributed by atoms with E-state index < -0.39 is 0 Å². The second-order valence-corrected chi connectivity index (χ2v) is 3.58. The van der Waals surface area contributed by atoms with Crippen LogP contribution in [0, 0.1) is 6.92 Å². The van der Waals surface area contributed by atoms with E-state index in [4.69, 9.17) is 9.84 Å². The van der Waals surface area contributed by atoms with Crippen LogP contribution in [0.4, 0.5) is 0 Å². The summed E-state index contributed by atoms with van der Waals surface area (Å²) in [6.07, 6.45) is 1.32. The molecule has 1 aromatic carbocycles. The molecule has 1 N–H and O–H groups in total. The molecule has 0 aromatic heterocycles. The summed E-state index contributed by atoms with van der Waals surface area (Å²) < 4.78 is 5.46. The Labute approximate surface area is 88.0 Å². The lowest BCUT2D eigenvalue weighted by atomic mass is 10.0. The first kappa shape index (κ1) is 9.77. The highest BCUT2D eigenvalue weighted by molar-refractivity contribution is 6.10. The third kappa shape index (κ3) is 1.73. The van der Waals surface area contributed by atoms with Gasteiger partial charge in [0.05, 0.1) is 18.4 Å². The van der Waals surface area contributed by atoms with Gasteiger partial charge in [-0.3, -0.25) is 4.79 Å². The summed E-state index contributed by atoms with van der Waals surface area (Å²) in [5.74, 6) is 0.460. The highest BCUT2D eigenvalue weighted by atomic mass is 16.5. The van der Waals surface area contributed by atoms with Gasteiger partial charge in [-0.15, -0.1) is 0 Å². The normalized spacial score (nSPS) is 18.2. The molecule has 1 aromatic rings. The average Bonchev–Trinajstić information content (AvgIpc) is 2.37. The Morgan fingerprint density at radius 2 is 2.27 bits per heavy atom. The largest absolute Gasteiger partial charge is 0.515 e. The first-order valence-corrected chi connectivity index (χ1v) is 4.84. The quantitative estimate of drug-likeness (QED) is 0.521. The second-order valence-electron chi connectivity index (χ2n) is 3.58. The van der Waals surface area contributed by atoms with E-state index in [2.05, 4.69) is 0 Å². The zero-order chi connectivity index (χ0) is 10.8.